The third-order valence-electron chi connectivity index (χ3n) is 1.97. The third kappa shape index (κ3) is 4.79. The van der Waals surface area contributed by atoms with Crippen LogP contribution in [0.4, 0.5) is 0 Å². The third-order valence-corrected chi connectivity index (χ3v) is 1.97. The lowest BCUT2D eigenvalue weighted by atomic mass is 10.2. The largest absolute Gasteiger partial charge is 0.478 e. The van der Waals surface area contributed by atoms with Crippen molar-refractivity contribution in [2.75, 3.05) is 6.61 Å². The lowest BCUT2D eigenvalue weighted by Crippen LogP contribution is -2.21. The van der Waals surface area contributed by atoms with Crippen LogP contribution in [0.3, 0.4) is 0 Å². The highest BCUT2D eigenvalue weighted by atomic mass is 16.5. The zero-order valence-corrected chi connectivity index (χ0v) is 9.79. The van der Waals surface area contributed by atoms with Crippen LogP contribution in [0.2, 0.25) is 0 Å². The van der Waals surface area contributed by atoms with E-state index in [4.69, 9.17) is 4.74 Å². The summed E-state index contributed by atoms with van der Waals surface area (Å²) in [7, 11) is 0. The molecule has 0 unspecified atom stereocenters. The molecule has 0 radical (unpaired) electrons. The minimum Gasteiger partial charge on any atom is -0.478 e. The van der Waals surface area contributed by atoms with Gasteiger partial charge in [-0.05, 0) is 18.1 Å². The molecule has 1 rings (SSSR count). The van der Waals surface area contributed by atoms with E-state index in [0.717, 1.165) is 25.5 Å². The summed E-state index contributed by atoms with van der Waals surface area (Å²) in [6.07, 6.45) is 2.80. The van der Waals surface area contributed by atoms with Crippen molar-refractivity contribution in [3.8, 4) is 5.88 Å². The average molecular weight is 208 g/mol. The Morgan fingerprint density at radius 2 is 2.27 bits per heavy atom. The Labute approximate surface area is 91.9 Å². The summed E-state index contributed by atoms with van der Waals surface area (Å²) in [6.45, 7) is 7.95. The van der Waals surface area contributed by atoms with Crippen LogP contribution in [0, 0.1) is 0 Å². The van der Waals surface area contributed by atoms with Crippen molar-refractivity contribution in [1.82, 2.24) is 10.3 Å². The maximum atomic E-state index is 5.46. The van der Waals surface area contributed by atoms with Crippen LogP contribution in [0.25, 0.3) is 0 Å². The number of hydrogen-bond donors (Lipinski definition) is 1. The highest BCUT2D eigenvalue weighted by molar-refractivity contribution is 5.20. The summed E-state index contributed by atoms with van der Waals surface area (Å²) in [4.78, 5) is 4.15. The van der Waals surface area contributed by atoms with Crippen molar-refractivity contribution in [3.05, 3.63) is 23.9 Å². The Hall–Kier alpha value is -1.09. The molecule has 0 atom stereocenters. The van der Waals surface area contributed by atoms with Gasteiger partial charge in [0, 0.05) is 24.8 Å². The van der Waals surface area contributed by atoms with Crippen LogP contribution in [0.5, 0.6) is 5.88 Å². The first-order valence-corrected chi connectivity index (χ1v) is 5.53. The maximum absolute atomic E-state index is 5.46. The van der Waals surface area contributed by atoms with Gasteiger partial charge in [-0.3, -0.25) is 0 Å². The highest BCUT2D eigenvalue weighted by Crippen LogP contribution is 2.09. The predicted molar refractivity (Wildman–Crippen MR) is 62.0 cm³/mol. The van der Waals surface area contributed by atoms with Crippen molar-refractivity contribution in [2.45, 2.75) is 39.8 Å². The van der Waals surface area contributed by atoms with Crippen LogP contribution in [0.15, 0.2) is 18.3 Å². The van der Waals surface area contributed by atoms with Gasteiger partial charge in [-0.25, -0.2) is 4.98 Å². The summed E-state index contributed by atoms with van der Waals surface area (Å²) in [5.74, 6) is 0.722. The van der Waals surface area contributed by atoms with E-state index in [0.29, 0.717) is 6.04 Å². The molecule has 15 heavy (non-hydrogen) atoms. The van der Waals surface area contributed by atoms with Crippen LogP contribution in [-0.4, -0.2) is 17.6 Å². The summed E-state index contributed by atoms with van der Waals surface area (Å²) < 4.78 is 5.46. The number of nitrogens with zero attached hydrogens (tertiary/aromatic N) is 1. The molecule has 1 N–H and O–H groups in total. The molecule has 0 amide bonds. The second kappa shape index (κ2) is 6.40. The first-order chi connectivity index (χ1) is 7.22. The Morgan fingerprint density at radius 3 is 2.93 bits per heavy atom. The van der Waals surface area contributed by atoms with E-state index in [1.54, 1.807) is 6.20 Å². The maximum Gasteiger partial charge on any atom is 0.213 e. The van der Waals surface area contributed by atoms with Gasteiger partial charge in [0.15, 0.2) is 0 Å². The van der Waals surface area contributed by atoms with E-state index >= 15 is 0 Å². The molecule has 0 aliphatic heterocycles. The molecule has 0 bridgehead atoms. The summed E-state index contributed by atoms with van der Waals surface area (Å²) in [6, 6.07) is 4.50. The van der Waals surface area contributed by atoms with Gasteiger partial charge in [0.2, 0.25) is 5.88 Å². The fraction of sp³-hybridized carbons (Fsp3) is 0.583. The SMILES string of the molecule is CCCOc1cc(CNC(C)C)ccn1. The van der Waals surface area contributed by atoms with Crippen molar-refractivity contribution < 1.29 is 4.74 Å². The smallest absolute Gasteiger partial charge is 0.213 e. The predicted octanol–water partition coefficient (Wildman–Crippen LogP) is 2.37. The normalized spacial score (nSPS) is 10.7. The van der Waals surface area contributed by atoms with Crippen LogP contribution in [-0.2, 0) is 6.54 Å². The van der Waals surface area contributed by atoms with Crippen LogP contribution < -0.4 is 10.1 Å². The molecule has 0 aliphatic rings. The zero-order chi connectivity index (χ0) is 11.1. The van der Waals surface area contributed by atoms with E-state index in [1.165, 1.54) is 5.56 Å². The zero-order valence-electron chi connectivity index (χ0n) is 9.79. The molecule has 0 aromatic carbocycles. The van der Waals surface area contributed by atoms with Gasteiger partial charge >= 0.3 is 0 Å². The first-order valence-electron chi connectivity index (χ1n) is 5.53. The van der Waals surface area contributed by atoms with Crippen molar-refractivity contribution in [1.29, 1.82) is 0 Å². The van der Waals surface area contributed by atoms with E-state index in [2.05, 4.69) is 31.1 Å². The molecule has 0 fully saturated rings. The number of ether oxygens (including phenoxy) is 1. The Bertz CT molecular complexity index is 287. The van der Waals surface area contributed by atoms with E-state index < -0.39 is 0 Å². The lowest BCUT2D eigenvalue weighted by molar-refractivity contribution is 0.305. The lowest BCUT2D eigenvalue weighted by Gasteiger charge is -2.09. The molecular weight excluding hydrogens is 188 g/mol. The van der Waals surface area contributed by atoms with E-state index in [-0.39, 0.29) is 0 Å². The van der Waals surface area contributed by atoms with Gasteiger partial charge in [0.05, 0.1) is 6.61 Å². The molecule has 3 nitrogen and oxygen atoms in total. The van der Waals surface area contributed by atoms with Crippen molar-refractivity contribution >= 4 is 0 Å². The van der Waals surface area contributed by atoms with E-state index in [9.17, 15) is 0 Å². The van der Waals surface area contributed by atoms with Gasteiger partial charge < -0.3 is 10.1 Å². The molecule has 1 aromatic rings. The molecule has 1 aromatic heterocycles. The number of pyridine rings is 1. The number of aromatic nitrogens is 1. The topological polar surface area (TPSA) is 34.1 Å². The molecule has 0 spiro atoms. The quantitative estimate of drug-likeness (QED) is 0.779. The number of rotatable bonds is 6. The minimum absolute atomic E-state index is 0.498. The van der Waals surface area contributed by atoms with Crippen LogP contribution >= 0.6 is 0 Å². The second-order valence-electron chi connectivity index (χ2n) is 3.89. The Balaban J connectivity index is 2.50. The summed E-state index contributed by atoms with van der Waals surface area (Å²) >= 11 is 0. The second-order valence-corrected chi connectivity index (χ2v) is 3.89. The van der Waals surface area contributed by atoms with Gasteiger partial charge in [-0.15, -0.1) is 0 Å². The van der Waals surface area contributed by atoms with Gasteiger partial charge in [-0.2, -0.15) is 0 Å². The summed E-state index contributed by atoms with van der Waals surface area (Å²) in [5.41, 5.74) is 1.21. The molecular formula is C12H20N2O. The molecule has 3 heteroatoms. The Morgan fingerprint density at radius 1 is 1.47 bits per heavy atom. The van der Waals surface area contributed by atoms with Gasteiger partial charge in [0.1, 0.15) is 0 Å². The number of nitrogens with one attached hydrogen (secondary N) is 1. The van der Waals surface area contributed by atoms with Gasteiger partial charge in [-0.1, -0.05) is 20.8 Å². The molecule has 0 saturated carbocycles. The fourth-order valence-corrected chi connectivity index (χ4v) is 1.17. The van der Waals surface area contributed by atoms with Crippen molar-refractivity contribution in [3.63, 3.8) is 0 Å². The summed E-state index contributed by atoms with van der Waals surface area (Å²) in [5, 5.41) is 3.36. The van der Waals surface area contributed by atoms with Gasteiger partial charge in [0.25, 0.3) is 0 Å². The van der Waals surface area contributed by atoms with Crippen molar-refractivity contribution in [2.24, 2.45) is 0 Å². The molecule has 84 valence electrons. The molecule has 1 heterocycles. The molecule has 0 aliphatic carbocycles. The first kappa shape index (κ1) is 12.0. The highest BCUT2D eigenvalue weighted by Gasteiger charge is 1.98. The number of hydrogen-bond acceptors (Lipinski definition) is 3. The van der Waals surface area contributed by atoms with E-state index in [1.807, 2.05) is 12.1 Å². The molecule has 0 saturated heterocycles. The fourth-order valence-electron chi connectivity index (χ4n) is 1.17. The monoisotopic (exact) mass is 208 g/mol. The minimum atomic E-state index is 0.498. The van der Waals surface area contributed by atoms with Crippen LogP contribution in [0.1, 0.15) is 32.8 Å². The Kier molecular flexibility index (Phi) is 5.12. The average Bonchev–Trinajstić information content (AvgIpc) is 2.24. The standard InChI is InChI=1S/C12H20N2O/c1-4-7-15-12-8-11(5-6-13-12)9-14-10(2)3/h5-6,8,10,14H,4,7,9H2,1-3H3.